The first kappa shape index (κ1) is 18.4. The lowest BCUT2D eigenvalue weighted by molar-refractivity contribution is -0.142. The van der Waals surface area contributed by atoms with Crippen molar-refractivity contribution < 1.29 is 22.5 Å². The molecule has 3 rings (SSSR count). The summed E-state index contributed by atoms with van der Waals surface area (Å²) in [5.41, 5.74) is -0.998. The van der Waals surface area contributed by atoms with Gasteiger partial charge < -0.3 is 9.42 Å². The smallest absolute Gasteiger partial charge is 0.339 e. The van der Waals surface area contributed by atoms with Crippen molar-refractivity contribution in [3.8, 4) is 0 Å². The number of hydrogen-bond acceptors (Lipinski definition) is 6. The van der Waals surface area contributed by atoms with Gasteiger partial charge >= 0.3 is 6.18 Å². The van der Waals surface area contributed by atoms with Crippen LogP contribution in [0.25, 0.3) is 0 Å². The van der Waals surface area contributed by atoms with Gasteiger partial charge in [-0.2, -0.15) is 23.3 Å². The molecule has 142 valence electrons. The Hall–Kier alpha value is -2.43. The van der Waals surface area contributed by atoms with Crippen LogP contribution in [0.3, 0.4) is 0 Å². The number of alkyl halides is 3. The van der Waals surface area contributed by atoms with Gasteiger partial charge in [-0.1, -0.05) is 12.1 Å². The van der Waals surface area contributed by atoms with E-state index in [1.54, 1.807) is 4.90 Å². The van der Waals surface area contributed by atoms with Crippen molar-refractivity contribution in [1.82, 2.24) is 29.7 Å². The molecule has 0 saturated carbocycles. The van der Waals surface area contributed by atoms with Crippen molar-refractivity contribution in [3.05, 3.63) is 29.7 Å². The van der Waals surface area contributed by atoms with Crippen LogP contribution >= 0.6 is 0 Å². The molecule has 0 unspecified atom stereocenters. The number of hydrogen-bond donors (Lipinski definition) is 0. The number of halogens is 3. The van der Waals surface area contributed by atoms with E-state index in [0.717, 1.165) is 10.7 Å². The molecule has 1 fully saturated rings. The second-order valence-corrected chi connectivity index (χ2v) is 6.01. The SMILES string of the molecule is CCc1nc(CN2CCN(C(=O)Cn3ccc(C(F)(F)F)n3)CC2)no1. The minimum atomic E-state index is -4.51. The maximum atomic E-state index is 12.5. The third-order valence-electron chi connectivity index (χ3n) is 4.13. The monoisotopic (exact) mass is 372 g/mol. The van der Waals surface area contributed by atoms with Gasteiger partial charge in [-0.15, -0.1) is 0 Å². The summed E-state index contributed by atoms with van der Waals surface area (Å²) in [4.78, 5) is 20.2. The summed E-state index contributed by atoms with van der Waals surface area (Å²) in [5.74, 6) is 0.943. The predicted molar refractivity (Wildman–Crippen MR) is 82.8 cm³/mol. The number of piperazine rings is 1. The van der Waals surface area contributed by atoms with E-state index in [-0.39, 0.29) is 12.5 Å². The van der Waals surface area contributed by atoms with Crippen LogP contribution in [0.2, 0.25) is 0 Å². The Labute approximate surface area is 147 Å². The Bertz CT molecular complexity index is 749. The topological polar surface area (TPSA) is 80.3 Å². The first-order valence-electron chi connectivity index (χ1n) is 8.27. The van der Waals surface area contributed by atoms with Crippen LogP contribution in [0.15, 0.2) is 16.8 Å². The van der Waals surface area contributed by atoms with Crippen LogP contribution < -0.4 is 0 Å². The van der Waals surface area contributed by atoms with E-state index in [0.29, 0.717) is 50.9 Å². The van der Waals surface area contributed by atoms with Crippen molar-refractivity contribution in [2.24, 2.45) is 0 Å². The van der Waals surface area contributed by atoms with E-state index in [4.69, 9.17) is 4.52 Å². The molecule has 2 aromatic heterocycles. The molecule has 11 heteroatoms. The van der Waals surface area contributed by atoms with E-state index in [2.05, 4.69) is 20.1 Å². The first-order chi connectivity index (χ1) is 12.3. The third-order valence-corrected chi connectivity index (χ3v) is 4.13. The fraction of sp³-hybridized carbons (Fsp3) is 0.600. The minimum absolute atomic E-state index is 0.208. The number of carbonyl (C=O) groups excluding carboxylic acids is 1. The van der Waals surface area contributed by atoms with Crippen LogP contribution in [0.1, 0.15) is 24.3 Å². The Morgan fingerprint density at radius 2 is 2.00 bits per heavy atom. The molecule has 0 N–H and O–H groups in total. The molecule has 1 aliphatic heterocycles. The summed E-state index contributed by atoms with van der Waals surface area (Å²) in [6.45, 7) is 4.51. The Balaban J connectivity index is 1.48. The van der Waals surface area contributed by atoms with Gasteiger partial charge in [0, 0.05) is 38.8 Å². The highest BCUT2D eigenvalue weighted by atomic mass is 19.4. The molecule has 0 radical (unpaired) electrons. The molecular formula is C15H19F3N6O2. The molecule has 2 aromatic rings. The van der Waals surface area contributed by atoms with Gasteiger partial charge in [0.05, 0.1) is 6.54 Å². The summed E-state index contributed by atoms with van der Waals surface area (Å²) in [6.07, 6.45) is -2.66. The highest BCUT2D eigenvalue weighted by Crippen LogP contribution is 2.27. The number of nitrogens with zero attached hydrogens (tertiary/aromatic N) is 6. The van der Waals surface area contributed by atoms with Crippen LogP contribution in [0, 0.1) is 0 Å². The second-order valence-electron chi connectivity index (χ2n) is 6.01. The summed E-state index contributed by atoms with van der Waals surface area (Å²) in [6, 6.07) is 0.862. The zero-order chi connectivity index (χ0) is 18.7. The number of aryl methyl sites for hydroxylation is 1. The Kier molecular flexibility index (Phi) is 5.25. The lowest BCUT2D eigenvalue weighted by Crippen LogP contribution is -2.49. The largest absolute Gasteiger partial charge is 0.435 e. The maximum absolute atomic E-state index is 12.5. The van der Waals surface area contributed by atoms with Gasteiger partial charge in [-0.25, -0.2) is 0 Å². The number of amides is 1. The fourth-order valence-electron chi connectivity index (χ4n) is 2.69. The van der Waals surface area contributed by atoms with Crippen molar-refractivity contribution >= 4 is 5.91 Å². The van der Waals surface area contributed by atoms with Crippen molar-refractivity contribution in [2.45, 2.75) is 32.6 Å². The highest BCUT2D eigenvalue weighted by Gasteiger charge is 2.33. The molecule has 0 aromatic carbocycles. The summed E-state index contributed by atoms with van der Waals surface area (Å²) >= 11 is 0. The Morgan fingerprint density at radius 3 is 2.58 bits per heavy atom. The first-order valence-corrected chi connectivity index (χ1v) is 8.27. The maximum Gasteiger partial charge on any atom is 0.435 e. The van der Waals surface area contributed by atoms with Gasteiger partial charge in [-0.3, -0.25) is 14.4 Å². The van der Waals surface area contributed by atoms with E-state index in [1.807, 2.05) is 6.92 Å². The fourth-order valence-corrected chi connectivity index (χ4v) is 2.69. The van der Waals surface area contributed by atoms with Gasteiger partial charge in [0.25, 0.3) is 0 Å². The summed E-state index contributed by atoms with van der Waals surface area (Å²) in [5, 5.41) is 7.31. The normalized spacial score (nSPS) is 16.2. The Morgan fingerprint density at radius 1 is 1.27 bits per heavy atom. The summed E-state index contributed by atoms with van der Waals surface area (Å²) < 4.78 is 43.7. The van der Waals surface area contributed by atoms with Gasteiger partial charge in [0.15, 0.2) is 11.5 Å². The number of aromatic nitrogens is 4. The average Bonchev–Trinajstić information content (AvgIpc) is 3.24. The van der Waals surface area contributed by atoms with Crippen LogP contribution in [0.4, 0.5) is 13.2 Å². The molecule has 0 bridgehead atoms. The van der Waals surface area contributed by atoms with E-state index in [1.165, 1.54) is 6.20 Å². The van der Waals surface area contributed by atoms with Gasteiger partial charge in [0.2, 0.25) is 11.8 Å². The zero-order valence-corrected chi connectivity index (χ0v) is 14.2. The molecule has 1 saturated heterocycles. The minimum Gasteiger partial charge on any atom is -0.339 e. The lowest BCUT2D eigenvalue weighted by Gasteiger charge is -2.34. The molecule has 1 amide bonds. The molecule has 0 atom stereocenters. The third kappa shape index (κ3) is 4.40. The van der Waals surface area contributed by atoms with Gasteiger partial charge in [-0.05, 0) is 6.07 Å². The van der Waals surface area contributed by atoms with Crippen molar-refractivity contribution in [2.75, 3.05) is 26.2 Å². The van der Waals surface area contributed by atoms with Crippen LogP contribution in [0.5, 0.6) is 0 Å². The predicted octanol–water partition coefficient (Wildman–Crippen LogP) is 1.19. The molecule has 0 aliphatic carbocycles. The number of carbonyl (C=O) groups is 1. The number of rotatable bonds is 5. The van der Waals surface area contributed by atoms with Crippen molar-refractivity contribution in [3.63, 3.8) is 0 Å². The van der Waals surface area contributed by atoms with E-state index >= 15 is 0 Å². The molecule has 1 aliphatic rings. The van der Waals surface area contributed by atoms with Crippen LogP contribution in [-0.4, -0.2) is 61.8 Å². The molecule has 3 heterocycles. The van der Waals surface area contributed by atoms with Crippen LogP contribution in [-0.2, 0) is 30.5 Å². The second kappa shape index (κ2) is 7.44. The van der Waals surface area contributed by atoms with E-state index in [9.17, 15) is 18.0 Å². The standard InChI is InChI=1S/C15H19F3N6O2/c1-2-13-19-12(21-26-13)9-22-5-7-23(8-6-22)14(25)10-24-4-3-11(20-24)15(16,17)18/h3-4H,2,5-10H2,1H3. The zero-order valence-electron chi connectivity index (χ0n) is 14.2. The quantitative estimate of drug-likeness (QED) is 0.785. The highest BCUT2D eigenvalue weighted by molar-refractivity contribution is 5.76. The van der Waals surface area contributed by atoms with Crippen molar-refractivity contribution in [1.29, 1.82) is 0 Å². The molecule has 8 nitrogen and oxygen atoms in total. The average molecular weight is 372 g/mol. The molecular weight excluding hydrogens is 353 g/mol. The van der Waals surface area contributed by atoms with Gasteiger partial charge in [0.1, 0.15) is 6.54 Å². The lowest BCUT2D eigenvalue weighted by atomic mass is 10.3. The molecule has 0 spiro atoms. The molecule has 26 heavy (non-hydrogen) atoms. The summed E-state index contributed by atoms with van der Waals surface area (Å²) in [7, 11) is 0. The van der Waals surface area contributed by atoms with E-state index < -0.39 is 11.9 Å².